The number of carbonyl (C=O) groups is 2. The van der Waals surface area contributed by atoms with Crippen LogP contribution in [0.2, 0.25) is 0 Å². The van der Waals surface area contributed by atoms with Crippen LogP contribution >= 0.6 is 0 Å². The first-order valence-electron chi connectivity index (χ1n) is 13.8. The minimum atomic E-state index is -0.757. The fraction of sp³-hybridized carbons (Fsp3) is 0.263. The van der Waals surface area contributed by atoms with Crippen LogP contribution in [0.25, 0.3) is 22.3 Å². The van der Waals surface area contributed by atoms with Crippen molar-refractivity contribution in [2.24, 2.45) is 10.8 Å². The van der Waals surface area contributed by atoms with Crippen molar-refractivity contribution >= 4 is 19.6 Å². The average Bonchev–Trinajstić information content (AvgIpc) is 3.53. The summed E-state index contributed by atoms with van der Waals surface area (Å²) in [6.07, 6.45) is 2.10. The molecule has 0 spiro atoms. The van der Waals surface area contributed by atoms with Crippen LogP contribution in [-0.2, 0) is 41.6 Å². The maximum atomic E-state index is 10.0. The van der Waals surface area contributed by atoms with Crippen molar-refractivity contribution in [3.8, 4) is 22.3 Å². The Labute approximate surface area is 279 Å². The third-order valence-electron chi connectivity index (χ3n) is 6.52. The van der Waals surface area contributed by atoms with Gasteiger partial charge in [0, 0.05) is 0 Å². The van der Waals surface area contributed by atoms with Crippen LogP contribution in [-0.4, -0.2) is 29.8 Å². The molecule has 4 nitrogen and oxygen atoms in total. The molecule has 0 fully saturated rings. The maximum Gasteiger partial charge on any atom is -0.0253 e. The molecule has 0 aliphatic heterocycles. The molecule has 4 aromatic carbocycles. The van der Waals surface area contributed by atoms with E-state index in [2.05, 4.69) is 84.9 Å². The molecule has 6 heteroatoms. The molecule has 44 heavy (non-hydrogen) atoms. The molecular formula is C38H46O4SiTi-4. The molecule has 0 heterocycles. The minimum Gasteiger partial charge on any atom is -0.179 e. The largest absolute Gasteiger partial charge is 0.179 e. The fourth-order valence-corrected chi connectivity index (χ4v) is 4.00. The van der Waals surface area contributed by atoms with Crippen LogP contribution in [0.5, 0.6) is 0 Å². The molecule has 0 aromatic heterocycles. The van der Waals surface area contributed by atoms with Gasteiger partial charge in [0.25, 0.3) is 0 Å². The van der Waals surface area contributed by atoms with Gasteiger partial charge in [-0.15, -0.1) is 11.1 Å². The van der Waals surface area contributed by atoms with Gasteiger partial charge < -0.3 is 25.1 Å². The molecule has 0 saturated carbocycles. The molecule has 0 saturated heterocycles. The summed E-state index contributed by atoms with van der Waals surface area (Å²) < 4.78 is 0. The van der Waals surface area contributed by atoms with Crippen LogP contribution in [0.15, 0.2) is 84.9 Å². The van der Waals surface area contributed by atoms with Gasteiger partial charge in [0.2, 0.25) is 0 Å². The molecule has 2 aliphatic rings. The number of hydrogen-bond acceptors (Lipinski definition) is 2. The van der Waals surface area contributed by atoms with E-state index in [1.54, 1.807) is 41.5 Å². The number of carboxylic acids is 2. The Morgan fingerprint density at radius 2 is 0.864 bits per heavy atom. The van der Waals surface area contributed by atoms with Crippen molar-refractivity contribution in [1.82, 2.24) is 0 Å². The van der Waals surface area contributed by atoms with E-state index in [0.717, 1.165) is 12.8 Å². The molecule has 6 rings (SSSR count). The molecule has 0 radical (unpaired) electrons. The van der Waals surface area contributed by atoms with Crippen molar-refractivity contribution in [3.05, 3.63) is 134 Å². The average molecular weight is 643 g/mol. The van der Waals surface area contributed by atoms with Gasteiger partial charge in [-0.3, -0.25) is 9.59 Å². The SMILES string of the molecule is CC(C)(C)C(=O)O.CC(C)(C)C(=O)O.[CH3-].[CH3-].[SiH2]=[Ti].[c-]1cccc2c1Cc1ccccc1-2.[c-]1cccc2c1Cc1ccccc1-2. The van der Waals surface area contributed by atoms with Crippen molar-refractivity contribution in [2.75, 3.05) is 0 Å². The standard InChI is InChI=1S/2C13H9.2C5H10O2.2CH3.H2Si.Ti/c2*1-3-7-12-10(5-1)9-11-6-2-4-8-13(11)12;2*1-5(2,3)4(6)7;;;;/h2*1-5,7-8H,9H2;2*1-3H3,(H,6,7);2*1H3;1H2;/q2*-1;;;2*-1;;. The summed E-state index contributed by atoms with van der Waals surface area (Å²) in [5.41, 5.74) is 9.85. The molecule has 0 bridgehead atoms. The molecule has 2 aliphatic carbocycles. The van der Waals surface area contributed by atoms with E-state index in [4.69, 9.17) is 10.2 Å². The van der Waals surface area contributed by atoms with Crippen LogP contribution in [0.3, 0.4) is 0 Å². The Balaban J connectivity index is 0.000000566. The van der Waals surface area contributed by atoms with Crippen LogP contribution in [0.1, 0.15) is 63.8 Å². The van der Waals surface area contributed by atoms with Crippen molar-refractivity contribution < 1.29 is 39.0 Å². The van der Waals surface area contributed by atoms with Gasteiger partial charge in [0.1, 0.15) is 0 Å². The fourth-order valence-electron chi connectivity index (χ4n) is 4.00. The van der Waals surface area contributed by atoms with Gasteiger partial charge in [-0.05, 0) is 54.4 Å². The van der Waals surface area contributed by atoms with Crippen LogP contribution < -0.4 is 0 Å². The summed E-state index contributed by atoms with van der Waals surface area (Å²) in [4.78, 5) is 20.0. The van der Waals surface area contributed by atoms with E-state index in [1.165, 1.54) is 44.5 Å². The van der Waals surface area contributed by atoms with E-state index >= 15 is 0 Å². The molecule has 234 valence electrons. The maximum absolute atomic E-state index is 10.0. The van der Waals surface area contributed by atoms with Gasteiger partial charge in [-0.25, -0.2) is 0 Å². The summed E-state index contributed by atoms with van der Waals surface area (Å²) in [6.45, 7) is 9.97. The molecule has 0 amide bonds. The summed E-state index contributed by atoms with van der Waals surface area (Å²) in [7, 11) is 1.86. The molecular weight excluding hydrogens is 596 g/mol. The number of fused-ring (bicyclic) bond motifs is 6. The predicted octanol–water partition coefficient (Wildman–Crippen LogP) is 8.33. The Morgan fingerprint density at radius 1 is 0.591 bits per heavy atom. The Hall–Kier alpha value is -3.25. The van der Waals surface area contributed by atoms with Crippen molar-refractivity contribution in [2.45, 2.75) is 54.4 Å². The molecule has 0 atom stereocenters. The van der Waals surface area contributed by atoms with Crippen molar-refractivity contribution in [1.29, 1.82) is 0 Å². The van der Waals surface area contributed by atoms with Crippen molar-refractivity contribution in [3.63, 3.8) is 0 Å². The normalized spacial score (nSPS) is 10.9. The first-order chi connectivity index (χ1) is 19.8. The topological polar surface area (TPSA) is 74.6 Å². The van der Waals surface area contributed by atoms with Gasteiger partial charge in [-0.2, -0.15) is 59.7 Å². The summed E-state index contributed by atoms with van der Waals surface area (Å²) in [5, 5.41) is 16.5. The minimum absolute atomic E-state index is 0. The second-order valence-electron chi connectivity index (χ2n) is 11.9. The molecule has 4 aromatic rings. The second-order valence-corrected chi connectivity index (χ2v) is 11.9. The summed E-state index contributed by atoms with van der Waals surface area (Å²) >= 11 is 2.03. The van der Waals surface area contributed by atoms with Crippen LogP contribution in [0, 0.1) is 37.8 Å². The zero-order valence-electron chi connectivity index (χ0n) is 27.4. The smallest absolute Gasteiger partial charge is 0.0253 e. The Kier molecular flexibility index (Phi) is 17.2. The predicted molar refractivity (Wildman–Crippen MR) is 183 cm³/mol. The molecule has 2 N–H and O–H groups in total. The number of hydrogen-bond donors (Lipinski definition) is 2. The summed E-state index contributed by atoms with van der Waals surface area (Å²) in [6, 6.07) is 36.2. The Morgan fingerprint density at radius 3 is 1.16 bits per heavy atom. The van der Waals surface area contributed by atoms with Gasteiger partial charge in [0.15, 0.2) is 0 Å². The van der Waals surface area contributed by atoms with Crippen LogP contribution in [0.4, 0.5) is 0 Å². The number of rotatable bonds is 0. The number of aliphatic carboxylic acids is 2. The third kappa shape index (κ3) is 11.7. The number of carboxylic acid groups (broad SMARTS) is 2. The quantitative estimate of drug-likeness (QED) is 0.129. The first-order valence-corrected chi connectivity index (χ1v) is 17.8. The van der Waals surface area contributed by atoms with E-state index in [-0.39, 0.29) is 14.9 Å². The van der Waals surface area contributed by atoms with Gasteiger partial charge in [0.05, 0.1) is 10.8 Å². The summed E-state index contributed by atoms with van der Waals surface area (Å²) in [5.74, 6) is -1.51. The Bertz CT molecular complexity index is 1300. The van der Waals surface area contributed by atoms with Gasteiger partial charge in [-0.1, -0.05) is 70.8 Å². The first kappa shape index (κ1) is 40.8. The number of benzene rings is 4. The van der Waals surface area contributed by atoms with E-state index in [1.807, 2.05) is 38.9 Å². The van der Waals surface area contributed by atoms with E-state index < -0.39 is 22.8 Å². The zero-order valence-corrected chi connectivity index (χ0v) is 30.4. The van der Waals surface area contributed by atoms with E-state index in [9.17, 15) is 9.59 Å². The molecule has 0 unspecified atom stereocenters. The zero-order chi connectivity index (χ0) is 31.5. The van der Waals surface area contributed by atoms with Gasteiger partial charge >= 0.3 is 38.7 Å². The van der Waals surface area contributed by atoms with E-state index in [0.29, 0.717) is 0 Å². The second kappa shape index (κ2) is 18.5. The third-order valence-corrected chi connectivity index (χ3v) is 6.52. The monoisotopic (exact) mass is 642 g/mol.